The zero-order valence-electron chi connectivity index (χ0n) is 12.2. The fourth-order valence-electron chi connectivity index (χ4n) is 2.05. The van der Waals surface area contributed by atoms with E-state index in [1.165, 1.54) is 0 Å². The molecule has 0 amide bonds. The van der Waals surface area contributed by atoms with E-state index in [9.17, 15) is 0 Å². The van der Waals surface area contributed by atoms with Gasteiger partial charge in [0.15, 0.2) is 0 Å². The lowest BCUT2D eigenvalue weighted by atomic mass is 10.1. The fraction of sp³-hybridized carbons (Fsp3) is 0.333. The number of aromatic nitrogens is 2. The van der Waals surface area contributed by atoms with Crippen LogP contribution in [0.5, 0.6) is 0 Å². The van der Waals surface area contributed by atoms with Crippen molar-refractivity contribution in [3.63, 3.8) is 0 Å². The van der Waals surface area contributed by atoms with Crippen LogP contribution < -0.4 is 10.6 Å². The Morgan fingerprint density at radius 2 is 1.65 bits per heavy atom. The minimum absolute atomic E-state index is 0.143. The van der Waals surface area contributed by atoms with Gasteiger partial charge in [0.25, 0.3) is 0 Å². The number of benzene rings is 1. The molecule has 1 atom stereocenters. The standard InChI is InChI=1S/C15H19ClN4/c1-9-14(17-4)19-11(3)20-15(9)18-10(2)12-5-7-13(16)8-6-12/h5-8,10H,1-4H3,(H2,17,18,19,20). The van der Waals surface area contributed by atoms with Crippen LogP contribution in [0.4, 0.5) is 11.6 Å². The molecule has 1 aromatic carbocycles. The van der Waals surface area contributed by atoms with E-state index in [0.717, 1.165) is 33.6 Å². The molecule has 0 spiro atoms. The number of anilines is 2. The van der Waals surface area contributed by atoms with E-state index in [1.54, 1.807) is 0 Å². The van der Waals surface area contributed by atoms with Gasteiger partial charge >= 0.3 is 0 Å². The number of hydrogen-bond acceptors (Lipinski definition) is 4. The Morgan fingerprint density at radius 3 is 2.25 bits per heavy atom. The summed E-state index contributed by atoms with van der Waals surface area (Å²) >= 11 is 5.91. The third-order valence-electron chi connectivity index (χ3n) is 3.22. The van der Waals surface area contributed by atoms with E-state index in [-0.39, 0.29) is 6.04 Å². The molecule has 1 heterocycles. The van der Waals surface area contributed by atoms with E-state index >= 15 is 0 Å². The Kier molecular flexibility index (Phi) is 4.45. The molecule has 0 aliphatic carbocycles. The summed E-state index contributed by atoms with van der Waals surface area (Å²) in [6.45, 7) is 5.99. The highest BCUT2D eigenvalue weighted by molar-refractivity contribution is 6.30. The van der Waals surface area contributed by atoms with Gasteiger partial charge in [0.05, 0.1) is 0 Å². The molecule has 0 aliphatic heterocycles. The molecular formula is C15H19ClN4. The number of nitrogens with one attached hydrogen (secondary N) is 2. The van der Waals surface area contributed by atoms with Crippen molar-refractivity contribution in [2.75, 3.05) is 17.7 Å². The van der Waals surface area contributed by atoms with Crippen molar-refractivity contribution in [3.8, 4) is 0 Å². The Morgan fingerprint density at radius 1 is 1.05 bits per heavy atom. The Bertz CT molecular complexity index is 596. The Hall–Kier alpha value is -1.81. The van der Waals surface area contributed by atoms with Gasteiger partial charge in [-0.05, 0) is 38.5 Å². The van der Waals surface area contributed by atoms with Crippen LogP contribution in [0, 0.1) is 13.8 Å². The van der Waals surface area contributed by atoms with Crippen LogP contribution in [-0.2, 0) is 0 Å². The normalized spacial score (nSPS) is 12.1. The molecule has 2 N–H and O–H groups in total. The van der Waals surface area contributed by atoms with Crippen molar-refractivity contribution < 1.29 is 0 Å². The van der Waals surface area contributed by atoms with E-state index in [0.29, 0.717) is 0 Å². The topological polar surface area (TPSA) is 49.8 Å². The highest BCUT2D eigenvalue weighted by Gasteiger charge is 2.11. The molecule has 2 rings (SSSR count). The SMILES string of the molecule is CNc1nc(C)nc(NC(C)c2ccc(Cl)cc2)c1C. The molecule has 1 unspecified atom stereocenters. The van der Waals surface area contributed by atoms with Crippen LogP contribution in [0.1, 0.15) is 29.9 Å². The highest BCUT2D eigenvalue weighted by Crippen LogP contribution is 2.24. The average molecular weight is 291 g/mol. The van der Waals surface area contributed by atoms with Crippen molar-refractivity contribution in [1.29, 1.82) is 0 Å². The van der Waals surface area contributed by atoms with Gasteiger partial charge in [-0.2, -0.15) is 0 Å². The minimum Gasteiger partial charge on any atom is -0.373 e. The van der Waals surface area contributed by atoms with Gasteiger partial charge in [-0.15, -0.1) is 0 Å². The average Bonchev–Trinajstić information content (AvgIpc) is 2.43. The minimum atomic E-state index is 0.143. The molecule has 5 heteroatoms. The molecule has 0 bridgehead atoms. The van der Waals surface area contributed by atoms with Crippen LogP contribution in [0.2, 0.25) is 5.02 Å². The van der Waals surface area contributed by atoms with Gasteiger partial charge < -0.3 is 10.6 Å². The number of rotatable bonds is 4. The molecule has 4 nitrogen and oxygen atoms in total. The van der Waals surface area contributed by atoms with Crippen molar-refractivity contribution >= 4 is 23.2 Å². The summed E-state index contributed by atoms with van der Waals surface area (Å²) in [6, 6.07) is 7.97. The zero-order valence-corrected chi connectivity index (χ0v) is 12.9. The first kappa shape index (κ1) is 14.6. The molecule has 106 valence electrons. The highest BCUT2D eigenvalue weighted by atomic mass is 35.5. The van der Waals surface area contributed by atoms with Crippen LogP contribution in [-0.4, -0.2) is 17.0 Å². The molecule has 0 fully saturated rings. The van der Waals surface area contributed by atoms with Gasteiger partial charge in [-0.3, -0.25) is 0 Å². The lowest BCUT2D eigenvalue weighted by molar-refractivity contribution is 0.863. The smallest absolute Gasteiger partial charge is 0.135 e. The number of nitrogens with zero attached hydrogens (tertiary/aromatic N) is 2. The maximum absolute atomic E-state index is 5.91. The Balaban J connectivity index is 2.25. The maximum atomic E-state index is 5.91. The molecule has 1 aromatic heterocycles. The van der Waals surface area contributed by atoms with Crippen molar-refractivity contribution in [1.82, 2.24) is 9.97 Å². The lowest BCUT2D eigenvalue weighted by Crippen LogP contribution is -2.12. The Labute approximate surface area is 124 Å². The van der Waals surface area contributed by atoms with Crippen LogP contribution >= 0.6 is 11.6 Å². The first-order valence-corrected chi connectivity index (χ1v) is 6.94. The molecule has 2 aromatic rings. The third-order valence-corrected chi connectivity index (χ3v) is 3.47. The summed E-state index contributed by atoms with van der Waals surface area (Å²) in [7, 11) is 1.86. The first-order chi connectivity index (χ1) is 9.51. The lowest BCUT2D eigenvalue weighted by Gasteiger charge is -2.18. The van der Waals surface area contributed by atoms with E-state index in [2.05, 4.69) is 27.5 Å². The second-order valence-corrected chi connectivity index (χ2v) is 5.20. The summed E-state index contributed by atoms with van der Waals surface area (Å²) in [5, 5.41) is 7.26. The quantitative estimate of drug-likeness (QED) is 0.895. The molecule has 0 saturated carbocycles. The second kappa shape index (κ2) is 6.09. The molecule has 20 heavy (non-hydrogen) atoms. The predicted octanol–water partition coefficient (Wildman–Crippen LogP) is 3.96. The summed E-state index contributed by atoms with van der Waals surface area (Å²) < 4.78 is 0. The van der Waals surface area contributed by atoms with E-state index in [4.69, 9.17) is 11.6 Å². The van der Waals surface area contributed by atoms with Gasteiger partial charge in [-0.25, -0.2) is 9.97 Å². The summed E-state index contributed by atoms with van der Waals surface area (Å²) in [5.41, 5.74) is 2.18. The van der Waals surface area contributed by atoms with Gasteiger partial charge in [-0.1, -0.05) is 23.7 Å². The van der Waals surface area contributed by atoms with Crippen molar-refractivity contribution in [3.05, 3.63) is 46.2 Å². The number of halogens is 1. The summed E-state index contributed by atoms with van der Waals surface area (Å²) in [4.78, 5) is 8.84. The van der Waals surface area contributed by atoms with Gasteiger partial charge in [0.1, 0.15) is 17.5 Å². The predicted molar refractivity (Wildman–Crippen MR) is 84.5 cm³/mol. The van der Waals surface area contributed by atoms with Gasteiger partial charge in [0.2, 0.25) is 0 Å². The maximum Gasteiger partial charge on any atom is 0.135 e. The summed E-state index contributed by atoms with van der Waals surface area (Å²) in [5.74, 6) is 2.44. The fourth-order valence-corrected chi connectivity index (χ4v) is 2.18. The molecular weight excluding hydrogens is 272 g/mol. The second-order valence-electron chi connectivity index (χ2n) is 4.76. The molecule has 0 radical (unpaired) electrons. The van der Waals surface area contributed by atoms with E-state index in [1.807, 2.05) is 45.2 Å². The van der Waals surface area contributed by atoms with E-state index < -0.39 is 0 Å². The van der Waals surface area contributed by atoms with Crippen LogP contribution in [0.15, 0.2) is 24.3 Å². The van der Waals surface area contributed by atoms with Gasteiger partial charge in [0, 0.05) is 23.7 Å². The molecule has 0 saturated heterocycles. The summed E-state index contributed by atoms with van der Waals surface area (Å²) in [6.07, 6.45) is 0. The third kappa shape index (κ3) is 3.20. The van der Waals surface area contributed by atoms with Crippen LogP contribution in [0.3, 0.4) is 0 Å². The van der Waals surface area contributed by atoms with Crippen LogP contribution in [0.25, 0.3) is 0 Å². The van der Waals surface area contributed by atoms with Crippen molar-refractivity contribution in [2.45, 2.75) is 26.8 Å². The monoisotopic (exact) mass is 290 g/mol. The first-order valence-electron chi connectivity index (χ1n) is 6.56. The van der Waals surface area contributed by atoms with Crippen molar-refractivity contribution in [2.24, 2.45) is 0 Å². The molecule has 0 aliphatic rings. The zero-order chi connectivity index (χ0) is 14.7. The number of hydrogen-bond donors (Lipinski definition) is 2. The number of aryl methyl sites for hydroxylation is 1. The largest absolute Gasteiger partial charge is 0.373 e.